The molecule has 0 saturated carbocycles. The SMILES string of the molecule is CCCn1ncn2nc(C(=O)O)c(=O)nc12. The predicted octanol–water partition coefficient (Wildman–Crippen LogP) is -0.606. The Morgan fingerprint density at radius 1 is 1.56 bits per heavy atom. The first-order valence-corrected chi connectivity index (χ1v) is 4.69. The molecule has 16 heavy (non-hydrogen) atoms. The third-order valence-electron chi connectivity index (χ3n) is 1.99. The molecular weight excluding hydrogens is 214 g/mol. The summed E-state index contributed by atoms with van der Waals surface area (Å²) in [4.78, 5) is 25.6. The predicted molar refractivity (Wildman–Crippen MR) is 52.3 cm³/mol. The van der Waals surface area contributed by atoms with E-state index in [1.807, 2.05) is 6.92 Å². The van der Waals surface area contributed by atoms with Gasteiger partial charge >= 0.3 is 11.5 Å². The smallest absolute Gasteiger partial charge is 0.362 e. The fraction of sp³-hybridized carbons (Fsp3) is 0.375. The van der Waals surface area contributed by atoms with Gasteiger partial charge in [0.1, 0.15) is 6.33 Å². The molecule has 2 aromatic rings. The van der Waals surface area contributed by atoms with Crippen LogP contribution in [0.25, 0.3) is 5.78 Å². The van der Waals surface area contributed by atoms with E-state index in [-0.39, 0.29) is 5.78 Å². The first-order chi connectivity index (χ1) is 7.63. The Balaban J connectivity index is 2.66. The highest BCUT2D eigenvalue weighted by molar-refractivity contribution is 5.84. The van der Waals surface area contributed by atoms with Crippen molar-refractivity contribution in [2.24, 2.45) is 0 Å². The molecule has 0 spiro atoms. The number of aryl methyl sites for hydroxylation is 1. The van der Waals surface area contributed by atoms with Gasteiger partial charge in [0.2, 0.25) is 5.69 Å². The molecule has 0 radical (unpaired) electrons. The molecule has 0 unspecified atom stereocenters. The van der Waals surface area contributed by atoms with Crippen LogP contribution in [0, 0.1) is 0 Å². The second-order valence-electron chi connectivity index (χ2n) is 3.17. The number of carbonyl (C=O) groups is 1. The molecule has 2 aromatic heterocycles. The van der Waals surface area contributed by atoms with Crippen molar-refractivity contribution < 1.29 is 9.90 Å². The maximum absolute atomic E-state index is 11.3. The van der Waals surface area contributed by atoms with Gasteiger partial charge in [0.05, 0.1) is 0 Å². The van der Waals surface area contributed by atoms with E-state index in [4.69, 9.17) is 5.11 Å². The zero-order chi connectivity index (χ0) is 11.7. The van der Waals surface area contributed by atoms with Gasteiger partial charge in [0.15, 0.2) is 0 Å². The van der Waals surface area contributed by atoms with Crippen molar-refractivity contribution in [1.29, 1.82) is 0 Å². The van der Waals surface area contributed by atoms with Gasteiger partial charge in [0, 0.05) is 6.54 Å². The van der Waals surface area contributed by atoms with Crippen molar-refractivity contribution in [2.75, 3.05) is 0 Å². The molecule has 0 aliphatic rings. The molecular formula is C8H9N5O3. The van der Waals surface area contributed by atoms with E-state index < -0.39 is 17.2 Å². The zero-order valence-electron chi connectivity index (χ0n) is 8.49. The third kappa shape index (κ3) is 1.53. The number of aromatic carboxylic acids is 1. The Morgan fingerprint density at radius 2 is 2.31 bits per heavy atom. The Labute approximate surface area is 89.2 Å². The molecule has 8 heteroatoms. The summed E-state index contributed by atoms with van der Waals surface area (Å²) in [7, 11) is 0. The average molecular weight is 223 g/mol. The molecule has 0 amide bonds. The molecule has 0 bridgehead atoms. The largest absolute Gasteiger partial charge is 0.476 e. The van der Waals surface area contributed by atoms with Gasteiger partial charge in [-0.05, 0) is 6.42 Å². The van der Waals surface area contributed by atoms with E-state index in [0.717, 1.165) is 6.42 Å². The fourth-order valence-electron chi connectivity index (χ4n) is 1.31. The van der Waals surface area contributed by atoms with Gasteiger partial charge in [0.25, 0.3) is 5.78 Å². The van der Waals surface area contributed by atoms with E-state index in [1.54, 1.807) is 0 Å². The van der Waals surface area contributed by atoms with Crippen LogP contribution in [0.1, 0.15) is 23.8 Å². The van der Waals surface area contributed by atoms with Crippen LogP contribution in [-0.4, -0.2) is 35.5 Å². The first-order valence-electron chi connectivity index (χ1n) is 4.69. The molecule has 0 atom stereocenters. The van der Waals surface area contributed by atoms with E-state index >= 15 is 0 Å². The second-order valence-corrected chi connectivity index (χ2v) is 3.17. The number of rotatable bonds is 3. The van der Waals surface area contributed by atoms with E-state index in [0.29, 0.717) is 6.54 Å². The Bertz CT molecular complexity index is 599. The van der Waals surface area contributed by atoms with Gasteiger partial charge in [-0.25, -0.2) is 9.48 Å². The Morgan fingerprint density at radius 3 is 2.94 bits per heavy atom. The van der Waals surface area contributed by atoms with Crippen LogP contribution in [0.3, 0.4) is 0 Å². The highest BCUT2D eigenvalue weighted by Crippen LogP contribution is 1.97. The molecule has 0 fully saturated rings. The van der Waals surface area contributed by atoms with Gasteiger partial charge in [-0.3, -0.25) is 4.79 Å². The molecule has 0 saturated heterocycles. The minimum Gasteiger partial charge on any atom is -0.476 e. The summed E-state index contributed by atoms with van der Waals surface area (Å²) >= 11 is 0. The highest BCUT2D eigenvalue weighted by Gasteiger charge is 2.15. The Kier molecular flexibility index (Phi) is 2.39. The molecule has 0 aliphatic heterocycles. The minimum absolute atomic E-state index is 0.247. The summed E-state index contributed by atoms with van der Waals surface area (Å²) in [5, 5.41) is 16.3. The standard InChI is InChI=1S/C8H9N5O3/c1-2-3-12-8-10-6(14)5(7(15)16)11-13(8)4-9-12/h4H,2-3H2,1H3,(H,15,16). The summed E-state index contributed by atoms with van der Waals surface area (Å²) in [5.41, 5.74) is -1.46. The number of aromatic nitrogens is 5. The molecule has 84 valence electrons. The summed E-state index contributed by atoms with van der Waals surface area (Å²) in [5.74, 6) is -1.15. The zero-order valence-corrected chi connectivity index (χ0v) is 8.49. The summed E-state index contributed by atoms with van der Waals surface area (Å²) < 4.78 is 2.68. The topological polar surface area (TPSA) is 102 Å². The van der Waals surface area contributed by atoms with Crippen LogP contribution in [0.15, 0.2) is 11.1 Å². The van der Waals surface area contributed by atoms with Crippen molar-refractivity contribution >= 4 is 11.7 Å². The van der Waals surface area contributed by atoms with Crippen LogP contribution in [0.2, 0.25) is 0 Å². The fourth-order valence-corrected chi connectivity index (χ4v) is 1.31. The highest BCUT2D eigenvalue weighted by atomic mass is 16.4. The number of fused-ring (bicyclic) bond motifs is 1. The maximum atomic E-state index is 11.3. The van der Waals surface area contributed by atoms with Gasteiger partial charge in [-0.1, -0.05) is 6.92 Å². The molecule has 2 rings (SSSR count). The summed E-state index contributed by atoms with van der Waals surface area (Å²) in [6.07, 6.45) is 2.15. The first kappa shape index (κ1) is 10.3. The van der Waals surface area contributed by atoms with Crippen LogP contribution in [0.5, 0.6) is 0 Å². The maximum Gasteiger partial charge on any atom is 0.362 e. The van der Waals surface area contributed by atoms with Crippen LogP contribution < -0.4 is 5.56 Å². The second kappa shape index (κ2) is 3.72. The lowest BCUT2D eigenvalue weighted by Gasteiger charge is -1.98. The van der Waals surface area contributed by atoms with E-state index in [1.165, 1.54) is 15.5 Å². The molecule has 1 N–H and O–H groups in total. The number of carboxylic acid groups (broad SMARTS) is 1. The molecule has 0 aromatic carbocycles. The van der Waals surface area contributed by atoms with Crippen molar-refractivity contribution in [3.05, 3.63) is 22.4 Å². The lowest BCUT2D eigenvalue weighted by molar-refractivity contribution is 0.0686. The normalized spacial score (nSPS) is 10.8. The van der Waals surface area contributed by atoms with Crippen LogP contribution in [0.4, 0.5) is 0 Å². The van der Waals surface area contributed by atoms with E-state index in [2.05, 4.69) is 15.2 Å². The number of hydrogen-bond donors (Lipinski definition) is 1. The van der Waals surface area contributed by atoms with Crippen molar-refractivity contribution in [3.63, 3.8) is 0 Å². The van der Waals surface area contributed by atoms with Gasteiger partial charge in [-0.15, -0.1) is 0 Å². The lowest BCUT2D eigenvalue weighted by atomic mass is 10.5. The third-order valence-corrected chi connectivity index (χ3v) is 1.99. The minimum atomic E-state index is -1.39. The number of hydrogen-bond acceptors (Lipinski definition) is 5. The summed E-state index contributed by atoms with van der Waals surface area (Å²) in [6, 6.07) is 0. The molecule has 8 nitrogen and oxygen atoms in total. The van der Waals surface area contributed by atoms with Crippen LogP contribution in [-0.2, 0) is 6.54 Å². The number of carboxylic acids is 1. The summed E-state index contributed by atoms with van der Waals surface area (Å²) in [6.45, 7) is 2.55. The van der Waals surface area contributed by atoms with Crippen molar-refractivity contribution in [2.45, 2.75) is 19.9 Å². The van der Waals surface area contributed by atoms with Gasteiger partial charge < -0.3 is 5.11 Å². The Hall–Kier alpha value is -2.25. The van der Waals surface area contributed by atoms with E-state index in [9.17, 15) is 9.59 Å². The average Bonchev–Trinajstić information content (AvgIpc) is 2.60. The van der Waals surface area contributed by atoms with Crippen LogP contribution >= 0.6 is 0 Å². The van der Waals surface area contributed by atoms with Crippen molar-refractivity contribution in [1.82, 2.24) is 24.4 Å². The van der Waals surface area contributed by atoms with Gasteiger partial charge in [-0.2, -0.15) is 19.7 Å². The number of nitrogens with zero attached hydrogens (tertiary/aromatic N) is 5. The van der Waals surface area contributed by atoms with Crippen molar-refractivity contribution in [3.8, 4) is 0 Å². The quantitative estimate of drug-likeness (QED) is 0.744. The molecule has 2 heterocycles. The molecule has 0 aliphatic carbocycles. The lowest BCUT2D eigenvalue weighted by Crippen LogP contribution is -2.23. The monoisotopic (exact) mass is 223 g/mol.